The van der Waals surface area contributed by atoms with E-state index in [0.717, 1.165) is 44.0 Å². The number of thiazole rings is 1. The van der Waals surface area contributed by atoms with Crippen LogP contribution in [0.1, 0.15) is 5.69 Å². The average Bonchev–Trinajstić information content (AvgIpc) is 3.26. The number of aromatic amines is 1. The van der Waals surface area contributed by atoms with E-state index in [-0.39, 0.29) is 0 Å². The van der Waals surface area contributed by atoms with Gasteiger partial charge < -0.3 is 9.72 Å². The Morgan fingerprint density at radius 2 is 1.92 bits per heavy atom. The van der Waals surface area contributed by atoms with Gasteiger partial charge in [-0.15, -0.1) is 11.3 Å². The van der Waals surface area contributed by atoms with Gasteiger partial charge in [-0.25, -0.2) is 9.97 Å². The number of methoxy groups -OCH3 is 1. The highest BCUT2D eigenvalue weighted by atomic mass is 32.2. The van der Waals surface area contributed by atoms with Gasteiger partial charge in [0.05, 0.1) is 29.4 Å². The minimum Gasteiger partial charge on any atom is -0.496 e. The predicted octanol–water partition coefficient (Wildman–Crippen LogP) is 4.99. The van der Waals surface area contributed by atoms with E-state index in [1.54, 1.807) is 30.2 Å². The molecule has 0 radical (unpaired) electrons. The first-order valence-corrected chi connectivity index (χ1v) is 9.35. The van der Waals surface area contributed by atoms with Gasteiger partial charge >= 0.3 is 0 Å². The van der Waals surface area contributed by atoms with Gasteiger partial charge in [0.25, 0.3) is 0 Å². The molecule has 0 bridgehead atoms. The molecule has 0 aliphatic heterocycles. The van der Waals surface area contributed by atoms with Gasteiger partial charge in [0, 0.05) is 11.1 Å². The number of hydrogen-bond donors (Lipinski definition) is 1. The van der Waals surface area contributed by atoms with E-state index in [1.807, 2.05) is 48.5 Å². The second kappa shape index (κ2) is 6.67. The summed E-state index contributed by atoms with van der Waals surface area (Å²) in [7, 11) is 1.69. The molecule has 4 nitrogen and oxygen atoms in total. The van der Waals surface area contributed by atoms with Crippen molar-refractivity contribution >= 4 is 34.1 Å². The molecule has 2 aromatic carbocycles. The van der Waals surface area contributed by atoms with Crippen LogP contribution in [0.15, 0.2) is 59.1 Å². The zero-order valence-corrected chi connectivity index (χ0v) is 14.7. The smallest absolute Gasteiger partial charge is 0.166 e. The van der Waals surface area contributed by atoms with E-state index in [2.05, 4.69) is 15.3 Å². The number of aromatic nitrogens is 3. The first-order chi connectivity index (χ1) is 11.8. The minimum absolute atomic E-state index is 0.783. The topological polar surface area (TPSA) is 50.8 Å². The van der Waals surface area contributed by atoms with Crippen LogP contribution in [-0.4, -0.2) is 22.1 Å². The number of rotatable bonds is 5. The van der Waals surface area contributed by atoms with Crippen LogP contribution in [0.4, 0.5) is 0 Å². The number of imidazole rings is 1. The second-order valence-electron chi connectivity index (χ2n) is 5.19. The summed E-state index contributed by atoms with van der Waals surface area (Å²) in [5, 5.41) is 3.99. The van der Waals surface area contributed by atoms with Crippen molar-refractivity contribution in [3.8, 4) is 16.3 Å². The lowest BCUT2D eigenvalue weighted by atomic mass is 10.2. The molecule has 0 aliphatic rings. The van der Waals surface area contributed by atoms with Crippen LogP contribution in [0.25, 0.3) is 21.6 Å². The van der Waals surface area contributed by atoms with Crippen molar-refractivity contribution < 1.29 is 4.74 Å². The Bertz CT molecular complexity index is 944. The molecule has 0 aliphatic carbocycles. The molecule has 6 heteroatoms. The Kier molecular flexibility index (Phi) is 4.23. The normalized spacial score (nSPS) is 11.0. The maximum absolute atomic E-state index is 5.42. The molecule has 0 saturated heterocycles. The molecule has 2 aromatic heterocycles. The zero-order valence-electron chi connectivity index (χ0n) is 13.0. The van der Waals surface area contributed by atoms with Crippen molar-refractivity contribution in [2.75, 3.05) is 7.11 Å². The Morgan fingerprint density at radius 3 is 2.79 bits per heavy atom. The van der Waals surface area contributed by atoms with Gasteiger partial charge in [0.2, 0.25) is 0 Å². The number of nitrogens with one attached hydrogen (secondary N) is 1. The lowest BCUT2D eigenvalue weighted by molar-refractivity contribution is 0.416. The summed E-state index contributed by atoms with van der Waals surface area (Å²) in [5.41, 5.74) is 4.14. The fourth-order valence-electron chi connectivity index (χ4n) is 2.46. The average molecular weight is 353 g/mol. The first-order valence-electron chi connectivity index (χ1n) is 7.49. The van der Waals surface area contributed by atoms with Crippen molar-refractivity contribution in [2.24, 2.45) is 0 Å². The van der Waals surface area contributed by atoms with E-state index in [4.69, 9.17) is 9.72 Å². The minimum atomic E-state index is 0.783. The number of nitrogens with zero attached hydrogens (tertiary/aromatic N) is 2. The van der Waals surface area contributed by atoms with Gasteiger partial charge in [0.15, 0.2) is 5.16 Å². The van der Waals surface area contributed by atoms with Crippen LogP contribution in [0.3, 0.4) is 0 Å². The van der Waals surface area contributed by atoms with Crippen LogP contribution < -0.4 is 4.74 Å². The van der Waals surface area contributed by atoms with Crippen LogP contribution in [0.2, 0.25) is 0 Å². The van der Waals surface area contributed by atoms with E-state index in [9.17, 15) is 0 Å². The number of thioether (sulfide) groups is 1. The highest BCUT2D eigenvalue weighted by molar-refractivity contribution is 7.98. The summed E-state index contributed by atoms with van der Waals surface area (Å²) < 4.78 is 5.42. The number of benzene rings is 2. The summed E-state index contributed by atoms with van der Waals surface area (Å²) in [4.78, 5) is 12.6. The van der Waals surface area contributed by atoms with Gasteiger partial charge in [0.1, 0.15) is 10.8 Å². The maximum Gasteiger partial charge on any atom is 0.166 e. The molecule has 2 heterocycles. The van der Waals surface area contributed by atoms with E-state index >= 15 is 0 Å². The highest BCUT2D eigenvalue weighted by Crippen LogP contribution is 2.33. The van der Waals surface area contributed by atoms with E-state index in [0.29, 0.717) is 0 Å². The molecule has 0 atom stereocenters. The SMILES string of the molecule is COc1ccccc1-c1nc(CSc2nc3ccccc3[nH]2)cs1. The van der Waals surface area contributed by atoms with Crippen molar-refractivity contribution in [3.05, 3.63) is 59.6 Å². The van der Waals surface area contributed by atoms with Crippen molar-refractivity contribution in [2.45, 2.75) is 10.9 Å². The van der Waals surface area contributed by atoms with E-state index in [1.165, 1.54) is 0 Å². The largest absolute Gasteiger partial charge is 0.496 e. The summed E-state index contributed by atoms with van der Waals surface area (Å²) in [6.45, 7) is 0. The van der Waals surface area contributed by atoms with Crippen LogP contribution in [0.5, 0.6) is 5.75 Å². The number of H-pyrrole nitrogens is 1. The molecule has 0 amide bonds. The second-order valence-corrected chi connectivity index (χ2v) is 7.01. The highest BCUT2D eigenvalue weighted by Gasteiger charge is 2.10. The molecule has 0 saturated carbocycles. The Labute approximate surface area is 147 Å². The van der Waals surface area contributed by atoms with Crippen molar-refractivity contribution in [1.82, 2.24) is 15.0 Å². The maximum atomic E-state index is 5.42. The van der Waals surface area contributed by atoms with E-state index < -0.39 is 0 Å². The lowest BCUT2D eigenvalue weighted by Gasteiger charge is -2.04. The van der Waals surface area contributed by atoms with Gasteiger partial charge in [-0.1, -0.05) is 36.0 Å². The van der Waals surface area contributed by atoms with Gasteiger partial charge in [-0.05, 0) is 24.3 Å². The fourth-order valence-corrected chi connectivity index (χ4v) is 4.19. The molecule has 4 rings (SSSR count). The Morgan fingerprint density at radius 1 is 1.08 bits per heavy atom. The molecule has 24 heavy (non-hydrogen) atoms. The molecule has 4 aromatic rings. The molecular weight excluding hydrogens is 338 g/mol. The summed E-state index contributed by atoms with van der Waals surface area (Å²) >= 11 is 3.30. The third-order valence-electron chi connectivity index (χ3n) is 3.61. The van der Waals surface area contributed by atoms with Gasteiger partial charge in [-0.2, -0.15) is 0 Å². The predicted molar refractivity (Wildman–Crippen MR) is 99.8 cm³/mol. The quantitative estimate of drug-likeness (QED) is 0.514. The van der Waals surface area contributed by atoms with Crippen LogP contribution in [-0.2, 0) is 5.75 Å². The Balaban J connectivity index is 1.51. The summed E-state index contributed by atoms with van der Waals surface area (Å²) in [6, 6.07) is 16.0. The lowest BCUT2D eigenvalue weighted by Crippen LogP contribution is -1.87. The number of para-hydroxylation sites is 3. The monoisotopic (exact) mass is 353 g/mol. The molecule has 1 N–H and O–H groups in total. The number of hydrogen-bond acceptors (Lipinski definition) is 5. The molecule has 120 valence electrons. The summed E-state index contributed by atoms with van der Waals surface area (Å²) in [6.07, 6.45) is 0. The number of fused-ring (bicyclic) bond motifs is 1. The third-order valence-corrected chi connectivity index (χ3v) is 5.44. The fraction of sp³-hybridized carbons (Fsp3) is 0.111. The number of ether oxygens (including phenoxy) is 1. The first kappa shape index (κ1) is 15.2. The van der Waals surface area contributed by atoms with Gasteiger partial charge in [-0.3, -0.25) is 0 Å². The third kappa shape index (κ3) is 3.02. The molecule has 0 spiro atoms. The molecular formula is C18H15N3OS2. The van der Waals surface area contributed by atoms with Crippen LogP contribution in [0, 0.1) is 0 Å². The Hall–Kier alpha value is -2.31. The van der Waals surface area contributed by atoms with Crippen LogP contribution >= 0.6 is 23.1 Å². The standard InChI is InChI=1S/C18H15N3OS2/c1-22-16-9-5-2-6-13(16)17-19-12(10-23-17)11-24-18-20-14-7-3-4-8-15(14)21-18/h2-10H,11H2,1H3,(H,20,21). The summed E-state index contributed by atoms with van der Waals surface area (Å²) in [5.74, 6) is 1.63. The molecule has 0 unspecified atom stereocenters. The van der Waals surface area contributed by atoms with Crippen molar-refractivity contribution in [1.29, 1.82) is 0 Å². The molecule has 0 fully saturated rings. The zero-order chi connectivity index (χ0) is 16.4. The van der Waals surface area contributed by atoms with Crippen molar-refractivity contribution in [3.63, 3.8) is 0 Å².